The maximum atomic E-state index is 12.0. The van der Waals surface area contributed by atoms with E-state index < -0.39 is 0 Å². The number of amides is 1. The van der Waals surface area contributed by atoms with Crippen LogP contribution in [-0.4, -0.2) is 5.91 Å². The van der Waals surface area contributed by atoms with Crippen molar-refractivity contribution in [2.75, 3.05) is 0 Å². The third-order valence-electron chi connectivity index (χ3n) is 3.74. The molecule has 0 aromatic heterocycles. The Morgan fingerprint density at radius 3 is 2.59 bits per heavy atom. The molecule has 92 valence electrons. The predicted octanol–water partition coefficient (Wildman–Crippen LogP) is 3.36. The Morgan fingerprint density at radius 2 is 1.94 bits per heavy atom. The average Bonchev–Trinajstić information content (AvgIpc) is 2.82. The Morgan fingerprint density at radius 1 is 1.29 bits per heavy atom. The quantitative estimate of drug-likeness (QED) is 0.849. The molecule has 1 N–H and O–H groups in total. The molecule has 0 heterocycles. The van der Waals surface area contributed by atoms with Crippen molar-refractivity contribution in [2.45, 2.75) is 45.6 Å². The summed E-state index contributed by atoms with van der Waals surface area (Å²) in [6.45, 7) is 4.16. The van der Waals surface area contributed by atoms with E-state index >= 15 is 0 Å². The Hall–Kier alpha value is -1.31. The topological polar surface area (TPSA) is 29.1 Å². The van der Waals surface area contributed by atoms with Gasteiger partial charge in [-0.3, -0.25) is 4.79 Å². The van der Waals surface area contributed by atoms with Crippen molar-refractivity contribution in [3.8, 4) is 0 Å². The zero-order valence-electron chi connectivity index (χ0n) is 10.7. The molecule has 2 nitrogen and oxygen atoms in total. The van der Waals surface area contributed by atoms with Crippen LogP contribution in [0.3, 0.4) is 0 Å². The van der Waals surface area contributed by atoms with Crippen molar-refractivity contribution >= 4 is 5.91 Å². The van der Waals surface area contributed by atoms with Gasteiger partial charge in [0, 0.05) is 5.92 Å². The molecule has 0 saturated heterocycles. The molecule has 1 aromatic rings. The smallest absolute Gasteiger partial charge is 0.223 e. The zero-order chi connectivity index (χ0) is 12.3. The largest absolute Gasteiger partial charge is 0.349 e. The van der Waals surface area contributed by atoms with Crippen molar-refractivity contribution in [1.82, 2.24) is 5.32 Å². The highest BCUT2D eigenvalue weighted by Gasteiger charge is 2.24. The fourth-order valence-corrected chi connectivity index (χ4v) is 2.67. The molecule has 2 heteroatoms. The summed E-state index contributed by atoms with van der Waals surface area (Å²) in [5.41, 5.74) is 2.46. The van der Waals surface area contributed by atoms with Crippen LogP contribution in [0.1, 0.15) is 49.8 Å². The van der Waals surface area contributed by atoms with Crippen molar-refractivity contribution in [1.29, 1.82) is 0 Å². The van der Waals surface area contributed by atoms with Crippen LogP contribution in [0.4, 0.5) is 0 Å². The summed E-state index contributed by atoms with van der Waals surface area (Å²) < 4.78 is 0. The van der Waals surface area contributed by atoms with Gasteiger partial charge in [0.25, 0.3) is 0 Å². The molecule has 1 aliphatic rings. The molecule has 1 aliphatic carbocycles. The van der Waals surface area contributed by atoms with Gasteiger partial charge in [-0.05, 0) is 37.8 Å². The summed E-state index contributed by atoms with van der Waals surface area (Å²) in [4.78, 5) is 12.0. The van der Waals surface area contributed by atoms with Crippen LogP contribution in [0.2, 0.25) is 0 Å². The van der Waals surface area contributed by atoms with E-state index in [1.165, 1.54) is 24.0 Å². The van der Waals surface area contributed by atoms with Crippen LogP contribution >= 0.6 is 0 Å². The van der Waals surface area contributed by atoms with Gasteiger partial charge in [0.15, 0.2) is 0 Å². The normalized spacial score (nSPS) is 18.0. The van der Waals surface area contributed by atoms with E-state index in [4.69, 9.17) is 0 Å². The van der Waals surface area contributed by atoms with E-state index in [0.717, 1.165) is 12.8 Å². The zero-order valence-corrected chi connectivity index (χ0v) is 10.7. The molecule has 1 amide bonds. The highest BCUT2D eigenvalue weighted by molar-refractivity contribution is 5.79. The van der Waals surface area contributed by atoms with Crippen LogP contribution in [0.5, 0.6) is 0 Å². The third kappa shape index (κ3) is 2.87. The van der Waals surface area contributed by atoms with E-state index in [-0.39, 0.29) is 17.9 Å². The summed E-state index contributed by atoms with van der Waals surface area (Å²) in [6, 6.07) is 8.36. The molecule has 1 atom stereocenters. The second-order valence-electron chi connectivity index (χ2n) is 5.07. The summed E-state index contributed by atoms with van der Waals surface area (Å²) >= 11 is 0. The minimum Gasteiger partial charge on any atom is -0.349 e. The Labute approximate surface area is 103 Å². The molecule has 2 rings (SSSR count). The monoisotopic (exact) mass is 231 g/mol. The van der Waals surface area contributed by atoms with Crippen LogP contribution in [-0.2, 0) is 4.79 Å². The fourth-order valence-electron chi connectivity index (χ4n) is 2.67. The van der Waals surface area contributed by atoms with Crippen LogP contribution in [0.15, 0.2) is 24.3 Å². The van der Waals surface area contributed by atoms with Gasteiger partial charge >= 0.3 is 0 Å². The Bertz CT molecular complexity index is 394. The Kier molecular flexibility index (Phi) is 3.82. The highest BCUT2D eigenvalue weighted by atomic mass is 16.1. The second kappa shape index (κ2) is 5.35. The maximum absolute atomic E-state index is 12.0. The van der Waals surface area contributed by atoms with E-state index in [9.17, 15) is 4.79 Å². The number of hydrogen-bond donors (Lipinski definition) is 1. The standard InChI is InChI=1S/C15H21NO/c1-11-7-3-6-10-14(11)12(2)16-15(17)13-8-4-5-9-13/h3,6-7,10,12-13H,4-5,8-9H2,1-2H3,(H,16,17)/t12-/m1/s1. The van der Waals surface area contributed by atoms with Crippen LogP contribution in [0.25, 0.3) is 0 Å². The maximum Gasteiger partial charge on any atom is 0.223 e. The molecule has 1 fully saturated rings. The number of carbonyl (C=O) groups excluding carboxylic acids is 1. The molecule has 1 saturated carbocycles. The van der Waals surface area contributed by atoms with Gasteiger partial charge in [-0.15, -0.1) is 0 Å². The van der Waals surface area contributed by atoms with Gasteiger partial charge in [-0.1, -0.05) is 37.1 Å². The summed E-state index contributed by atoms with van der Waals surface area (Å²) in [5, 5.41) is 3.14. The first kappa shape index (κ1) is 12.2. The molecule has 0 bridgehead atoms. The SMILES string of the molecule is Cc1ccccc1[C@@H](C)NC(=O)C1CCCC1. The molecule has 0 unspecified atom stereocenters. The predicted molar refractivity (Wildman–Crippen MR) is 69.7 cm³/mol. The molecule has 0 radical (unpaired) electrons. The second-order valence-corrected chi connectivity index (χ2v) is 5.07. The average molecular weight is 231 g/mol. The number of rotatable bonds is 3. The first-order valence-electron chi connectivity index (χ1n) is 6.54. The number of benzene rings is 1. The molecule has 1 aromatic carbocycles. The summed E-state index contributed by atoms with van der Waals surface area (Å²) in [6.07, 6.45) is 4.53. The van der Waals surface area contributed by atoms with Gasteiger partial charge in [0.2, 0.25) is 5.91 Å². The Balaban J connectivity index is 1.99. The minimum absolute atomic E-state index is 0.115. The lowest BCUT2D eigenvalue weighted by molar-refractivity contribution is -0.125. The van der Waals surface area contributed by atoms with Gasteiger partial charge < -0.3 is 5.32 Å². The van der Waals surface area contributed by atoms with Gasteiger partial charge in [0.1, 0.15) is 0 Å². The molecular formula is C15H21NO. The van der Waals surface area contributed by atoms with Crippen molar-refractivity contribution in [3.63, 3.8) is 0 Å². The van der Waals surface area contributed by atoms with E-state index in [1.54, 1.807) is 0 Å². The fraction of sp³-hybridized carbons (Fsp3) is 0.533. The third-order valence-corrected chi connectivity index (χ3v) is 3.74. The minimum atomic E-state index is 0.115. The number of nitrogens with one attached hydrogen (secondary N) is 1. The lowest BCUT2D eigenvalue weighted by atomic mass is 10.0. The lowest BCUT2D eigenvalue weighted by Gasteiger charge is -2.19. The lowest BCUT2D eigenvalue weighted by Crippen LogP contribution is -2.31. The van der Waals surface area contributed by atoms with E-state index in [2.05, 4.69) is 31.3 Å². The molecule has 0 aliphatic heterocycles. The molecule has 17 heavy (non-hydrogen) atoms. The van der Waals surface area contributed by atoms with Crippen molar-refractivity contribution < 1.29 is 4.79 Å². The van der Waals surface area contributed by atoms with E-state index in [1.807, 2.05) is 12.1 Å². The molecule has 0 spiro atoms. The van der Waals surface area contributed by atoms with Crippen LogP contribution in [0, 0.1) is 12.8 Å². The summed E-state index contributed by atoms with van der Waals surface area (Å²) in [7, 11) is 0. The first-order chi connectivity index (χ1) is 8.18. The van der Waals surface area contributed by atoms with Crippen LogP contribution < -0.4 is 5.32 Å². The van der Waals surface area contributed by atoms with Crippen molar-refractivity contribution in [2.24, 2.45) is 5.92 Å². The van der Waals surface area contributed by atoms with Crippen molar-refractivity contribution in [3.05, 3.63) is 35.4 Å². The van der Waals surface area contributed by atoms with Gasteiger partial charge in [-0.2, -0.15) is 0 Å². The van der Waals surface area contributed by atoms with Gasteiger partial charge in [-0.25, -0.2) is 0 Å². The van der Waals surface area contributed by atoms with Gasteiger partial charge in [0.05, 0.1) is 6.04 Å². The number of carbonyl (C=O) groups is 1. The molecular weight excluding hydrogens is 210 g/mol. The summed E-state index contributed by atoms with van der Waals surface area (Å²) in [5.74, 6) is 0.486. The number of aryl methyl sites for hydroxylation is 1. The first-order valence-corrected chi connectivity index (χ1v) is 6.54. The number of hydrogen-bond acceptors (Lipinski definition) is 1. The van der Waals surface area contributed by atoms with E-state index in [0.29, 0.717) is 0 Å². The highest BCUT2D eigenvalue weighted by Crippen LogP contribution is 2.26.